The van der Waals surface area contributed by atoms with Crippen molar-refractivity contribution in [1.82, 2.24) is 4.98 Å². The predicted molar refractivity (Wildman–Crippen MR) is 64.4 cm³/mol. The molecule has 2 rings (SSSR count). The molecule has 1 aliphatic rings. The molecule has 0 aromatic carbocycles. The van der Waals surface area contributed by atoms with Crippen molar-refractivity contribution in [3.05, 3.63) is 22.9 Å². The van der Waals surface area contributed by atoms with Gasteiger partial charge >= 0.3 is 0 Å². The minimum atomic E-state index is 0.498. The highest BCUT2D eigenvalue weighted by atomic mass is 16.5. The molecule has 1 heterocycles. The van der Waals surface area contributed by atoms with Crippen LogP contribution in [0.15, 0.2) is 6.07 Å². The normalized spacial score (nSPS) is 15.2. The van der Waals surface area contributed by atoms with E-state index in [1.54, 1.807) is 0 Å². The summed E-state index contributed by atoms with van der Waals surface area (Å²) in [5.74, 6) is 1.63. The second-order valence-electron chi connectivity index (χ2n) is 4.65. The molecular weight excluding hydrogens is 200 g/mol. The molecule has 0 saturated heterocycles. The van der Waals surface area contributed by atoms with E-state index in [-0.39, 0.29) is 0 Å². The van der Waals surface area contributed by atoms with Crippen LogP contribution in [0.3, 0.4) is 0 Å². The molecule has 3 heteroatoms. The fourth-order valence-corrected chi connectivity index (χ4v) is 1.93. The average molecular weight is 220 g/mol. The highest BCUT2D eigenvalue weighted by molar-refractivity contribution is 5.35. The summed E-state index contributed by atoms with van der Waals surface area (Å²) in [5, 5.41) is 0. The van der Waals surface area contributed by atoms with Gasteiger partial charge in [0.25, 0.3) is 0 Å². The summed E-state index contributed by atoms with van der Waals surface area (Å²) in [7, 11) is 0. The van der Waals surface area contributed by atoms with Crippen molar-refractivity contribution in [2.45, 2.75) is 39.7 Å². The molecule has 0 radical (unpaired) electrons. The first-order chi connectivity index (χ1) is 7.70. The van der Waals surface area contributed by atoms with Gasteiger partial charge in [-0.25, -0.2) is 4.98 Å². The summed E-state index contributed by atoms with van der Waals surface area (Å²) in [5.41, 5.74) is 8.94. The van der Waals surface area contributed by atoms with Crippen LogP contribution in [0.1, 0.15) is 36.1 Å². The lowest BCUT2D eigenvalue weighted by atomic mass is 10.1. The first kappa shape index (κ1) is 11.4. The molecule has 3 nitrogen and oxygen atoms in total. The van der Waals surface area contributed by atoms with Gasteiger partial charge in [-0.3, -0.25) is 0 Å². The highest BCUT2D eigenvalue weighted by Crippen LogP contribution is 2.32. The maximum absolute atomic E-state index is 5.75. The molecule has 0 aliphatic heterocycles. The molecule has 16 heavy (non-hydrogen) atoms. The standard InChI is InChI=1S/C13H20N2O/c1-9-7-10(2)15-13(12(9)8-14)16-6-5-11-3-4-11/h7,11H,3-6,8,14H2,1-2H3. The van der Waals surface area contributed by atoms with E-state index < -0.39 is 0 Å². The van der Waals surface area contributed by atoms with Crippen molar-refractivity contribution < 1.29 is 4.74 Å². The molecule has 0 unspecified atom stereocenters. The average Bonchev–Trinajstić information content (AvgIpc) is 3.01. The summed E-state index contributed by atoms with van der Waals surface area (Å²) in [6.45, 7) is 5.32. The van der Waals surface area contributed by atoms with Gasteiger partial charge in [-0.15, -0.1) is 0 Å². The fraction of sp³-hybridized carbons (Fsp3) is 0.615. The predicted octanol–water partition coefficient (Wildman–Crippen LogP) is 2.34. The van der Waals surface area contributed by atoms with E-state index in [0.717, 1.165) is 36.1 Å². The minimum Gasteiger partial charge on any atom is -0.477 e. The molecule has 1 aromatic heterocycles. The summed E-state index contributed by atoms with van der Waals surface area (Å²) >= 11 is 0. The van der Waals surface area contributed by atoms with E-state index in [9.17, 15) is 0 Å². The van der Waals surface area contributed by atoms with Gasteiger partial charge in [0.1, 0.15) is 0 Å². The zero-order valence-electron chi connectivity index (χ0n) is 10.1. The van der Waals surface area contributed by atoms with E-state index in [2.05, 4.69) is 18.0 Å². The van der Waals surface area contributed by atoms with Crippen LogP contribution in [-0.2, 0) is 6.54 Å². The van der Waals surface area contributed by atoms with E-state index in [1.807, 2.05) is 6.92 Å². The van der Waals surface area contributed by atoms with Crippen LogP contribution in [0.2, 0.25) is 0 Å². The van der Waals surface area contributed by atoms with Crippen LogP contribution < -0.4 is 10.5 Å². The van der Waals surface area contributed by atoms with Crippen LogP contribution in [0.25, 0.3) is 0 Å². The molecule has 1 aromatic rings. The maximum atomic E-state index is 5.75. The third-order valence-corrected chi connectivity index (χ3v) is 3.10. The van der Waals surface area contributed by atoms with Crippen LogP contribution >= 0.6 is 0 Å². The zero-order valence-corrected chi connectivity index (χ0v) is 10.1. The Morgan fingerprint density at radius 2 is 2.19 bits per heavy atom. The Kier molecular flexibility index (Phi) is 3.44. The maximum Gasteiger partial charge on any atom is 0.218 e. The molecule has 88 valence electrons. The first-order valence-electron chi connectivity index (χ1n) is 6.00. The van der Waals surface area contributed by atoms with Crippen LogP contribution in [0, 0.1) is 19.8 Å². The number of hydrogen-bond donors (Lipinski definition) is 1. The lowest BCUT2D eigenvalue weighted by molar-refractivity contribution is 0.287. The molecule has 1 aliphatic carbocycles. The number of aryl methyl sites for hydroxylation is 2. The molecule has 0 spiro atoms. The van der Waals surface area contributed by atoms with Gasteiger partial charge in [0.05, 0.1) is 6.61 Å². The third-order valence-electron chi connectivity index (χ3n) is 3.10. The molecule has 2 N–H and O–H groups in total. The van der Waals surface area contributed by atoms with Crippen molar-refractivity contribution in [3.63, 3.8) is 0 Å². The van der Waals surface area contributed by atoms with Crippen molar-refractivity contribution in [2.75, 3.05) is 6.61 Å². The number of aromatic nitrogens is 1. The van der Waals surface area contributed by atoms with E-state index in [4.69, 9.17) is 10.5 Å². The third kappa shape index (κ3) is 2.73. The number of hydrogen-bond acceptors (Lipinski definition) is 3. The monoisotopic (exact) mass is 220 g/mol. The lowest BCUT2D eigenvalue weighted by Crippen LogP contribution is -2.08. The van der Waals surface area contributed by atoms with Gasteiger partial charge in [0, 0.05) is 17.8 Å². The van der Waals surface area contributed by atoms with Gasteiger partial charge < -0.3 is 10.5 Å². The largest absolute Gasteiger partial charge is 0.477 e. The van der Waals surface area contributed by atoms with Crippen molar-refractivity contribution in [2.24, 2.45) is 11.7 Å². The Bertz CT molecular complexity index is 372. The number of ether oxygens (including phenoxy) is 1. The van der Waals surface area contributed by atoms with Crippen LogP contribution in [0.5, 0.6) is 5.88 Å². The van der Waals surface area contributed by atoms with E-state index in [0.29, 0.717) is 6.54 Å². The van der Waals surface area contributed by atoms with Crippen molar-refractivity contribution >= 4 is 0 Å². The smallest absolute Gasteiger partial charge is 0.218 e. The second-order valence-corrected chi connectivity index (χ2v) is 4.65. The lowest BCUT2D eigenvalue weighted by Gasteiger charge is -2.12. The summed E-state index contributed by atoms with van der Waals surface area (Å²) < 4.78 is 5.75. The van der Waals surface area contributed by atoms with Crippen LogP contribution in [-0.4, -0.2) is 11.6 Å². The Morgan fingerprint density at radius 1 is 1.44 bits per heavy atom. The summed E-state index contributed by atoms with van der Waals surface area (Å²) in [6.07, 6.45) is 3.89. The molecule has 0 bridgehead atoms. The van der Waals surface area contributed by atoms with Gasteiger partial charge in [-0.1, -0.05) is 12.8 Å². The molecular formula is C13H20N2O. The zero-order chi connectivity index (χ0) is 11.5. The summed E-state index contributed by atoms with van der Waals surface area (Å²) in [6, 6.07) is 2.05. The van der Waals surface area contributed by atoms with Gasteiger partial charge in [-0.2, -0.15) is 0 Å². The van der Waals surface area contributed by atoms with Gasteiger partial charge in [0.15, 0.2) is 0 Å². The van der Waals surface area contributed by atoms with Crippen molar-refractivity contribution in [3.8, 4) is 5.88 Å². The topological polar surface area (TPSA) is 48.1 Å². The fourth-order valence-electron chi connectivity index (χ4n) is 1.93. The van der Waals surface area contributed by atoms with E-state index >= 15 is 0 Å². The first-order valence-corrected chi connectivity index (χ1v) is 6.00. The number of nitrogens with zero attached hydrogens (tertiary/aromatic N) is 1. The van der Waals surface area contributed by atoms with E-state index in [1.165, 1.54) is 18.4 Å². The highest BCUT2D eigenvalue weighted by Gasteiger charge is 2.21. The quantitative estimate of drug-likeness (QED) is 0.828. The molecule has 1 fully saturated rings. The molecule has 0 amide bonds. The number of pyridine rings is 1. The summed E-state index contributed by atoms with van der Waals surface area (Å²) in [4.78, 5) is 4.42. The second kappa shape index (κ2) is 4.83. The Hall–Kier alpha value is -1.09. The SMILES string of the molecule is Cc1cc(C)c(CN)c(OCCC2CC2)n1. The number of rotatable bonds is 5. The minimum absolute atomic E-state index is 0.498. The Balaban J connectivity index is 2.04. The molecule has 0 atom stereocenters. The van der Waals surface area contributed by atoms with Crippen molar-refractivity contribution in [1.29, 1.82) is 0 Å². The van der Waals surface area contributed by atoms with Gasteiger partial charge in [0.2, 0.25) is 5.88 Å². The number of nitrogens with two attached hydrogens (primary N) is 1. The molecule has 1 saturated carbocycles. The Morgan fingerprint density at radius 3 is 2.81 bits per heavy atom. The van der Waals surface area contributed by atoms with Gasteiger partial charge in [-0.05, 0) is 37.8 Å². The van der Waals surface area contributed by atoms with Crippen LogP contribution in [0.4, 0.5) is 0 Å². The Labute approximate surface area is 97.0 Å².